The molecule has 0 bridgehead atoms. The summed E-state index contributed by atoms with van der Waals surface area (Å²) in [6.45, 7) is 5.40. The topological polar surface area (TPSA) is 103 Å². The second kappa shape index (κ2) is 9.26. The molecular weight excluding hydrogens is 270 g/mol. The average Bonchev–Trinajstić information content (AvgIpc) is 2.33. The number of hydrogen-bond acceptors (Lipinski definition) is 6. The Kier molecular flexibility index (Phi) is 8.43. The highest BCUT2D eigenvalue weighted by molar-refractivity contribution is 7.80. The largest absolute Gasteiger partial charge is 0.466 e. The van der Waals surface area contributed by atoms with Crippen LogP contribution < -0.4 is 11.2 Å². The van der Waals surface area contributed by atoms with Crippen LogP contribution in [-0.4, -0.2) is 36.0 Å². The van der Waals surface area contributed by atoms with Gasteiger partial charge < -0.3 is 15.2 Å². The number of thiocarbonyl (C=S) groups is 1. The van der Waals surface area contributed by atoms with E-state index in [1.807, 2.05) is 0 Å². The van der Waals surface area contributed by atoms with Crippen molar-refractivity contribution < 1.29 is 19.1 Å². The maximum atomic E-state index is 11.8. The highest BCUT2D eigenvalue weighted by atomic mass is 32.1. The van der Waals surface area contributed by atoms with Crippen LogP contribution in [-0.2, 0) is 19.1 Å². The summed E-state index contributed by atoms with van der Waals surface area (Å²) in [5, 5.41) is 3.80. The van der Waals surface area contributed by atoms with E-state index in [0.29, 0.717) is 5.71 Å². The minimum atomic E-state index is -0.819. The monoisotopic (exact) mass is 289 g/mol. The number of carbonyl (C=O) groups excluding carboxylic acids is 2. The van der Waals surface area contributed by atoms with Crippen LogP contribution in [0.3, 0.4) is 0 Å². The van der Waals surface area contributed by atoms with Gasteiger partial charge >= 0.3 is 11.9 Å². The Hall–Kier alpha value is -1.70. The number of carbonyl (C=O) groups is 2. The van der Waals surface area contributed by atoms with Crippen molar-refractivity contribution in [3.8, 4) is 0 Å². The minimum Gasteiger partial charge on any atom is -0.466 e. The zero-order valence-electron chi connectivity index (χ0n) is 11.3. The van der Waals surface area contributed by atoms with Gasteiger partial charge in [-0.3, -0.25) is 15.0 Å². The molecule has 0 saturated heterocycles. The summed E-state index contributed by atoms with van der Waals surface area (Å²) in [6.07, 6.45) is -0.138. The summed E-state index contributed by atoms with van der Waals surface area (Å²) in [6, 6.07) is 0. The van der Waals surface area contributed by atoms with Crippen molar-refractivity contribution in [3.63, 3.8) is 0 Å². The van der Waals surface area contributed by atoms with E-state index in [9.17, 15) is 9.59 Å². The first kappa shape index (κ1) is 17.3. The van der Waals surface area contributed by atoms with Crippen molar-refractivity contribution in [2.45, 2.75) is 27.2 Å². The molecule has 0 amide bonds. The Labute approximate surface area is 117 Å². The van der Waals surface area contributed by atoms with E-state index in [4.69, 9.17) is 15.2 Å². The number of nitrogens with two attached hydrogens (primary N) is 1. The van der Waals surface area contributed by atoms with Gasteiger partial charge in [0.1, 0.15) is 5.92 Å². The molecule has 0 rings (SSSR count). The van der Waals surface area contributed by atoms with Gasteiger partial charge in [-0.15, -0.1) is 0 Å². The predicted molar refractivity (Wildman–Crippen MR) is 74.4 cm³/mol. The highest BCUT2D eigenvalue weighted by Gasteiger charge is 2.27. The summed E-state index contributed by atoms with van der Waals surface area (Å²) < 4.78 is 9.70. The Balaban J connectivity index is 4.84. The highest BCUT2D eigenvalue weighted by Crippen LogP contribution is 2.10. The van der Waals surface area contributed by atoms with Gasteiger partial charge in [0.25, 0.3) is 0 Å². The predicted octanol–water partition coefficient (Wildman–Crippen LogP) is 0.328. The van der Waals surface area contributed by atoms with Crippen molar-refractivity contribution in [2.24, 2.45) is 16.8 Å². The van der Waals surface area contributed by atoms with Crippen molar-refractivity contribution in [2.75, 3.05) is 13.2 Å². The molecule has 0 aliphatic heterocycles. The third-order valence-corrected chi connectivity index (χ3v) is 2.19. The summed E-state index contributed by atoms with van der Waals surface area (Å²) in [5.74, 6) is -1.85. The number of rotatable bonds is 7. The molecule has 0 aliphatic rings. The molecule has 0 aromatic rings. The van der Waals surface area contributed by atoms with E-state index in [0.717, 1.165) is 0 Å². The molecule has 7 nitrogen and oxygen atoms in total. The molecule has 1 unspecified atom stereocenters. The second-order valence-corrected chi connectivity index (χ2v) is 3.98. The first-order valence-corrected chi connectivity index (χ1v) is 6.25. The number of nitrogens with zero attached hydrogens (tertiary/aromatic N) is 1. The molecule has 19 heavy (non-hydrogen) atoms. The zero-order chi connectivity index (χ0) is 14.8. The van der Waals surface area contributed by atoms with Crippen LogP contribution in [0.15, 0.2) is 5.10 Å². The van der Waals surface area contributed by atoms with Crippen LogP contribution >= 0.6 is 12.2 Å². The van der Waals surface area contributed by atoms with Crippen LogP contribution in [0.5, 0.6) is 0 Å². The van der Waals surface area contributed by atoms with E-state index in [-0.39, 0.29) is 24.7 Å². The van der Waals surface area contributed by atoms with Gasteiger partial charge in [0.15, 0.2) is 5.11 Å². The fourth-order valence-corrected chi connectivity index (χ4v) is 1.30. The molecule has 0 aliphatic carbocycles. The first-order valence-electron chi connectivity index (χ1n) is 5.84. The molecule has 108 valence electrons. The van der Waals surface area contributed by atoms with E-state index in [1.54, 1.807) is 20.8 Å². The van der Waals surface area contributed by atoms with E-state index < -0.39 is 17.9 Å². The fourth-order valence-electron chi connectivity index (χ4n) is 1.25. The van der Waals surface area contributed by atoms with Crippen molar-refractivity contribution in [3.05, 3.63) is 0 Å². The van der Waals surface area contributed by atoms with Gasteiger partial charge in [0.2, 0.25) is 0 Å². The molecule has 8 heteroatoms. The third kappa shape index (κ3) is 7.35. The standard InChI is InChI=1S/C11H19N3O4S/c1-4-17-9(15)6-8(10(16)18-5-2)7(3)13-14-11(12)19/h8H,4-6H2,1-3H3,(H3,12,14,19)/b13-7-. The summed E-state index contributed by atoms with van der Waals surface area (Å²) >= 11 is 4.60. The Morgan fingerprint density at radius 1 is 1.32 bits per heavy atom. The van der Waals surface area contributed by atoms with Gasteiger partial charge in [-0.05, 0) is 33.0 Å². The van der Waals surface area contributed by atoms with E-state index in [2.05, 4.69) is 22.7 Å². The summed E-state index contributed by atoms with van der Waals surface area (Å²) in [7, 11) is 0. The molecule has 0 fully saturated rings. The van der Waals surface area contributed by atoms with Crippen LogP contribution in [0.25, 0.3) is 0 Å². The molecule has 0 aromatic heterocycles. The van der Waals surface area contributed by atoms with Gasteiger partial charge in [0, 0.05) is 0 Å². The molecule has 0 saturated carbocycles. The molecule has 1 atom stereocenters. The number of esters is 2. The van der Waals surface area contributed by atoms with Crippen LogP contribution in [0.2, 0.25) is 0 Å². The van der Waals surface area contributed by atoms with Crippen molar-refractivity contribution in [1.29, 1.82) is 0 Å². The Morgan fingerprint density at radius 3 is 2.37 bits per heavy atom. The van der Waals surface area contributed by atoms with Crippen LogP contribution in [0.1, 0.15) is 27.2 Å². The number of nitrogens with one attached hydrogen (secondary N) is 1. The minimum absolute atomic E-state index is 0.0295. The van der Waals surface area contributed by atoms with E-state index >= 15 is 0 Å². The third-order valence-electron chi connectivity index (χ3n) is 2.09. The number of hydrogen-bond donors (Lipinski definition) is 2. The molecule has 0 radical (unpaired) electrons. The van der Waals surface area contributed by atoms with Crippen molar-refractivity contribution >= 4 is 35.0 Å². The van der Waals surface area contributed by atoms with Crippen molar-refractivity contribution in [1.82, 2.24) is 5.43 Å². The van der Waals surface area contributed by atoms with Crippen LogP contribution in [0.4, 0.5) is 0 Å². The molecule has 3 N–H and O–H groups in total. The normalized spacial score (nSPS) is 12.5. The lowest BCUT2D eigenvalue weighted by atomic mass is 10.0. The van der Waals surface area contributed by atoms with Gasteiger partial charge in [-0.1, -0.05) is 0 Å². The lowest BCUT2D eigenvalue weighted by molar-refractivity contribution is -0.152. The number of ether oxygens (including phenoxy) is 2. The Bertz CT molecular complexity index is 371. The number of hydrazone groups is 1. The van der Waals surface area contributed by atoms with Gasteiger partial charge in [0.05, 0.1) is 25.3 Å². The van der Waals surface area contributed by atoms with Gasteiger partial charge in [-0.25, -0.2) is 0 Å². The lowest BCUT2D eigenvalue weighted by Gasteiger charge is -2.14. The van der Waals surface area contributed by atoms with E-state index in [1.165, 1.54) is 0 Å². The molecule has 0 aromatic carbocycles. The lowest BCUT2D eigenvalue weighted by Crippen LogP contribution is -2.31. The summed E-state index contributed by atoms with van der Waals surface area (Å²) in [4.78, 5) is 23.2. The second-order valence-electron chi connectivity index (χ2n) is 3.54. The Morgan fingerprint density at radius 2 is 1.89 bits per heavy atom. The quantitative estimate of drug-likeness (QED) is 0.301. The van der Waals surface area contributed by atoms with Gasteiger partial charge in [-0.2, -0.15) is 5.10 Å². The fraction of sp³-hybridized carbons (Fsp3) is 0.636. The molecule has 0 spiro atoms. The zero-order valence-corrected chi connectivity index (χ0v) is 12.1. The maximum absolute atomic E-state index is 11.8. The maximum Gasteiger partial charge on any atom is 0.315 e. The van der Waals surface area contributed by atoms with Crippen LogP contribution in [0, 0.1) is 5.92 Å². The SMILES string of the molecule is CCOC(=O)CC(C(=O)OCC)/C(C)=N\NC(N)=S. The molecule has 0 heterocycles. The first-order chi connectivity index (χ1) is 8.92. The smallest absolute Gasteiger partial charge is 0.315 e. The average molecular weight is 289 g/mol. The molecular formula is C11H19N3O4S. The summed E-state index contributed by atoms with van der Waals surface area (Å²) in [5.41, 5.74) is 7.94.